The van der Waals surface area contributed by atoms with E-state index in [1.165, 1.54) is 24.3 Å². The SMILES string of the molecule is O=C(CN1C(=O)CCCCC1=O)c1ccc([N+](=O)[O-])cc1. The summed E-state index contributed by atoms with van der Waals surface area (Å²) < 4.78 is 0. The second kappa shape index (κ2) is 6.25. The lowest BCUT2D eigenvalue weighted by atomic mass is 10.1. The molecule has 1 saturated heterocycles. The standard InChI is InChI=1S/C14H14N2O5/c17-12(10-5-7-11(8-6-10)16(20)21)9-15-13(18)3-1-2-4-14(15)19/h5-8H,1-4,9H2. The first kappa shape index (κ1) is 14.8. The average Bonchev–Trinajstić information content (AvgIpc) is 2.62. The maximum Gasteiger partial charge on any atom is 0.269 e. The van der Waals surface area contributed by atoms with Gasteiger partial charge in [-0.05, 0) is 25.0 Å². The van der Waals surface area contributed by atoms with Gasteiger partial charge in [0.15, 0.2) is 5.78 Å². The van der Waals surface area contributed by atoms with Crippen molar-refractivity contribution in [1.82, 2.24) is 4.90 Å². The summed E-state index contributed by atoms with van der Waals surface area (Å²) in [5.41, 5.74) is 0.124. The van der Waals surface area contributed by atoms with E-state index in [0.29, 0.717) is 12.8 Å². The van der Waals surface area contributed by atoms with E-state index in [9.17, 15) is 24.5 Å². The predicted octanol–water partition coefficient (Wildman–Crippen LogP) is 1.71. The van der Waals surface area contributed by atoms with Crippen LogP contribution in [0.1, 0.15) is 36.0 Å². The van der Waals surface area contributed by atoms with Gasteiger partial charge in [-0.3, -0.25) is 29.4 Å². The predicted molar refractivity (Wildman–Crippen MR) is 72.6 cm³/mol. The van der Waals surface area contributed by atoms with Gasteiger partial charge in [0, 0.05) is 30.5 Å². The Hall–Kier alpha value is -2.57. The number of rotatable bonds is 4. The van der Waals surface area contributed by atoms with Crippen molar-refractivity contribution in [3.63, 3.8) is 0 Å². The fourth-order valence-electron chi connectivity index (χ4n) is 2.14. The molecule has 1 aromatic rings. The van der Waals surface area contributed by atoms with Gasteiger partial charge in [-0.2, -0.15) is 0 Å². The Labute approximate surface area is 120 Å². The van der Waals surface area contributed by atoms with Gasteiger partial charge in [0.1, 0.15) is 0 Å². The lowest BCUT2D eigenvalue weighted by Gasteiger charge is -2.17. The molecule has 2 amide bonds. The molecule has 1 aliphatic heterocycles. The highest BCUT2D eigenvalue weighted by atomic mass is 16.6. The molecule has 0 unspecified atom stereocenters. The molecule has 1 heterocycles. The fourth-order valence-corrected chi connectivity index (χ4v) is 2.14. The van der Waals surface area contributed by atoms with Gasteiger partial charge in [-0.1, -0.05) is 0 Å². The Morgan fingerprint density at radius 2 is 1.62 bits per heavy atom. The molecule has 7 heteroatoms. The number of amides is 2. The zero-order valence-electron chi connectivity index (χ0n) is 11.3. The molecule has 0 spiro atoms. The lowest BCUT2D eigenvalue weighted by molar-refractivity contribution is -0.384. The maximum atomic E-state index is 12.1. The number of ketones is 1. The van der Waals surface area contributed by atoms with Crippen molar-refractivity contribution in [2.45, 2.75) is 25.7 Å². The van der Waals surface area contributed by atoms with Gasteiger partial charge in [-0.15, -0.1) is 0 Å². The van der Waals surface area contributed by atoms with E-state index >= 15 is 0 Å². The first-order valence-corrected chi connectivity index (χ1v) is 6.60. The van der Waals surface area contributed by atoms with Crippen LogP contribution in [0.4, 0.5) is 5.69 Å². The number of nitro benzene ring substituents is 1. The summed E-state index contributed by atoms with van der Waals surface area (Å²) in [7, 11) is 0. The molecule has 1 aliphatic rings. The Kier molecular flexibility index (Phi) is 4.42. The topological polar surface area (TPSA) is 97.6 Å². The number of likely N-dealkylation sites (tertiary alicyclic amines) is 1. The van der Waals surface area contributed by atoms with Gasteiger partial charge in [0.25, 0.3) is 5.69 Å². The van der Waals surface area contributed by atoms with Crippen molar-refractivity contribution in [2.24, 2.45) is 0 Å². The average molecular weight is 290 g/mol. The number of nitro groups is 1. The number of hydrogen-bond acceptors (Lipinski definition) is 5. The smallest absolute Gasteiger partial charge is 0.269 e. The van der Waals surface area contributed by atoms with E-state index in [-0.39, 0.29) is 42.5 Å². The van der Waals surface area contributed by atoms with E-state index in [2.05, 4.69) is 0 Å². The molecular weight excluding hydrogens is 276 g/mol. The first-order chi connectivity index (χ1) is 9.99. The van der Waals surface area contributed by atoms with Gasteiger partial charge in [-0.25, -0.2) is 0 Å². The Morgan fingerprint density at radius 3 is 2.10 bits per heavy atom. The first-order valence-electron chi connectivity index (χ1n) is 6.60. The highest BCUT2D eigenvalue weighted by molar-refractivity contribution is 6.04. The molecule has 21 heavy (non-hydrogen) atoms. The largest absolute Gasteiger partial charge is 0.292 e. The van der Waals surface area contributed by atoms with Crippen LogP contribution >= 0.6 is 0 Å². The molecule has 1 fully saturated rings. The molecule has 0 bridgehead atoms. The molecule has 2 rings (SSSR count). The minimum atomic E-state index is -0.559. The van der Waals surface area contributed by atoms with E-state index in [0.717, 1.165) is 4.90 Å². The third-order valence-electron chi connectivity index (χ3n) is 3.34. The zero-order chi connectivity index (χ0) is 15.4. The third kappa shape index (κ3) is 3.50. The highest BCUT2D eigenvalue weighted by Gasteiger charge is 2.26. The van der Waals surface area contributed by atoms with Crippen molar-refractivity contribution in [3.8, 4) is 0 Å². The Balaban J connectivity index is 2.10. The van der Waals surface area contributed by atoms with Crippen LogP contribution in [0.2, 0.25) is 0 Å². The summed E-state index contributed by atoms with van der Waals surface area (Å²) in [6, 6.07) is 5.10. The second-order valence-electron chi connectivity index (χ2n) is 4.81. The zero-order valence-corrected chi connectivity index (χ0v) is 11.3. The van der Waals surface area contributed by atoms with E-state index in [1.807, 2.05) is 0 Å². The van der Waals surface area contributed by atoms with Gasteiger partial charge < -0.3 is 0 Å². The molecule has 0 N–H and O–H groups in total. The monoisotopic (exact) mass is 290 g/mol. The van der Waals surface area contributed by atoms with Crippen LogP contribution in [0.5, 0.6) is 0 Å². The quantitative estimate of drug-likeness (QED) is 0.364. The van der Waals surface area contributed by atoms with Crippen molar-refractivity contribution in [3.05, 3.63) is 39.9 Å². The summed E-state index contributed by atoms with van der Waals surface area (Å²) in [4.78, 5) is 46.6. The van der Waals surface area contributed by atoms with Crippen molar-refractivity contribution in [1.29, 1.82) is 0 Å². The summed E-state index contributed by atoms with van der Waals surface area (Å²) in [5.74, 6) is -1.09. The van der Waals surface area contributed by atoms with E-state index in [4.69, 9.17) is 0 Å². The number of benzene rings is 1. The third-order valence-corrected chi connectivity index (χ3v) is 3.34. The van der Waals surface area contributed by atoms with Crippen LogP contribution in [0, 0.1) is 10.1 Å². The van der Waals surface area contributed by atoms with Crippen molar-refractivity contribution < 1.29 is 19.3 Å². The molecule has 0 saturated carbocycles. The highest BCUT2D eigenvalue weighted by Crippen LogP contribution is 2.15. The van der Waals surface area contributed by atoms with Crippen LogP contribution in [0.3, 0.4) is 0 Å². The van der Waals surface area contributed by atoms with Crippen molar-refractivity contribution >= 4 is 23.3 Å². The van der Waals surface area contributed by atoms with Gasteiger partial charge >= 0.3 is 0 Å². The molecule has 0 aromatic heterocycles. The number of imide groups is 1. The Morgan fingerprint density at radius 1 is 1.10 bits per heavy atom. The second-order valence-corrected chi connectivity index (χ2v) is 4.81. The fraction of sp³-hybridized carbons (Fsp3) is 0.357. The summed E-state index contributed by atoms with van der Waals surface area (Å²) in [6.45, 7) is -0.310. The number of nitrogens with zero attached hydrogens (tertiary/aromatic N) is 2. The number of non-ortho nitro benzene ring substituents is 1. The maximum absolute atomic E-state index is 12.1. The molecule has 7 nitrogen and oxygen atoms in total. The van der Waals surface area contributed by atoms with E-state index in [1.54, 1.807) is 0 Å². The van der Waals surface area contributed by atoms with Crippen LogP contribution in [0.25, 0.3) is 0 Å². The molecule has 0 aliphatic carbocycles. The van der Waals surface area contributed by atoms with E-state index < -0.39 is 10.7 Å². The number of Topliss-reactive ketones (excluding diaryl/α,β-unsaturated/α-hetero) is 1. The van der Waals surface area contributed by atoms with Crippen LogP contribution < -0.4 is 0 Å². The summed E-state index contributed by atoms with van der Waals surface area (Å²) >= 11 is 0. The number of carbonyl (C=O) groups is 3. The van der Waals surface area contributed by atoms with Gasteiger partial charge in [0.2, 0.25) is 11.8 Å². The minimum Gasteiger partial charge on any atom is -0.292 e. The normalized spacial score (nSPS) is 15.7. The minimum absolute atomic E-state index is 0.117. The molecule has 0 radical (unpaired) electrons. The molecular formula is C14H14N2O5. The van der Waals surface area contributed by atoms with Crippen LogP contribution in [-0.4, -0.2) is 34.0 Å². The van der Waals surface area contributed by atoms with Gasteiger partial charge in [0.05, 0.1) is 11.5 Å². The molecule has 0 atom stereocenters. The van der Waals surface area contributed by atoms with Crippen LogP contribution in [0.15, 0.2) is 24.3 Å². The Bertz CT molecular complexity index is 576. The van der Waals surface area contributed by atoms with Crippen molar-refractivity contribution in [2.75, 3.05) is 6.54 Å². The summed E-state index contributed by atoms with van der Waals surface area (Å²) in [5, 5.41) is 10.5. The number of carbonyl (C=O) groups excluding carboxylic acids is 3. The number of hydrogen-bond donors (Lipinski definition) is 0. The molecule has 1 aromatic carbocycles. The summed E-state index contributed by atoms with van der Waals surface area (Å²) in [6.07, 6.45) is 1.82. The molecule has 110 valence electrons. The van der Waals surface area contributed by atoms with Crippen LogP contribution in [-0.2, 0) is 9.59 Å². The lowest BCUT2D eigenvalue weighted by Crippen LogP contribution is -2.39.